The van der Waals surface area contributed by atoms with E-state index in [1.165, 1.54) is 0 Å². The molecule has 4 heteroatoms. The van der Waals surface area contributed by atoms with Crippen LogP contribution in [0.15, 0.2) is 12.2 Å². The van der Waals surface area contributed by atoms with Crippen molar-refractivity contribution in [3.8, 4) is 0 Å². The molecule has 0 aliphatic heterocycles. The van der Waals surface area contributed by atoms with Crippen molar-refractivity contribution in [1.82, 2.24) is 0 Å². The van der Waals surface area contributed by atoms with E-state index in [4.69, 9.17) is 9.47 Å². The van der Waals surface area contributed by atoms with Gasteiger partial charge >= 0.3 is 11.9 Å². The number of carbonyl (C=O) groups excluding carboxylic acids is 2. The fourth-order valence-corrected chi connectivity index (χ4v) is 6.03. The highest BCUT2D eigenvalue weighted by Gasteiger charge is 2.88. The topological polar surface area (TPSA) is 52.6 Å². The number of rotatable bonds is 5. The van der Waals surface area contributed by atoms with Crippen LogP contribution in [0.5, 0.6) is 0 Å². The number of carbonyl (C=O) groups is 2. The molecule has 0 aromatic carbocycles. The molecule has 0 heterocycles. The third-order valence-electron chi connectivity index (χ3n) is 6.85. The molecule has 0 spiro atoms. The second kappa shape index (κ2) is 4.36. The molecule has 4 rings (SSSR count). The van der Waals surface area contributed by atoms with Gasteiger partial charge in [0.1, 0.15) is 0 Å². The second-order valence-electron chi connectivity index (χ2n) is 7.51. The van der Waals surface area contributed by atoms with Gasteiger partial charge in [0, 0.05) is 5.41 Å². The highest BCUT2D eigenvalue weighted by Crippen LogP contribution is 2.88. The van der Waals surface area contributed by atoms with Gasteiger partial charge in [-0.05, 0) is 49.9 Å². The summed E-state index contributed by atoms with van der Waals surface area (Å²) in [5, 5.41) is 0. The minimum absolute atomic E-state index is 0.0179. The number of esters is 2. The maximum absolute atomic E-state index is 12.5. The molecule has 4 aliphatic carbocycles. The fraction of sp³-hybridized carbons (Fsp3) is 0.778. The maximum Gasteiger partial charge on any atom is 0.309 e. The van der Waals surface area contributed by atoms with E-state index in [9.17, 15) is 9.59 Å². The quantitative estimate of drug-likeness (QED) is 0.578. The zero-order valence-corrected chi connectivity index (χ0v) is 13.5. The van der Waals surface area contributed by atoms with Gasteiger partial charge in [-0.1, -0.05) is 19.1 Å². The molecule has 3 fully saturated rings. The molecule has 120 valence electrons. The predicted octanol–water partition coefficient (Wildman–Crippen LogP) is 2.58. The van der Waals surface area contributed by atoms with Crippen LogP contribution >= 0.6 is 0 Å². The first-order valence-electron chi connectivity index (χ1n) is 8.54. The summed E-state index contributed by atoms with van der Waals surface area (Å²) in [4.78, 5) is 24.6. The van der Waals surface area contributed by atoms with Crippen LogP contribution in [0.4, 0.5) is 0 Å². The second-order valence-corrected chi connectivity index (χ2v) is 7.51. The van der Waals surface area contributed by atoms with Crippen molar-refractivity contribution in [2.75, 3.05) is 13.2 Å². The average molecular weight is 304 g/mol. The lowest BCUT2D eigenvalue weighted by Gasteiger charge is -2.30. The van der Waals surface area contributed by atoms with Crippen molar-refractivity contribution in [1.29, 1.82) is 0 Å². The Morgan fingerprint density at radius 3 is 2.50 bits per heavy atom. The van der Waals surface area contributed by atoms with E-state index in [2.05, 4.69) is 19.1 Å². The standard InChI is InChI=1S/C18H24O4/c1-4-21-15(19)12-9-17(12,3)18-11-7-6-10(8-11)13(18)14(18)16(20)22-5-2/h6-7,10-14H,4-5,8-9H2,1-3H3. The first kappa shape index (κ1) is 14.3. The lowest BCUT2D eigenvalue weighted by atomic mass is 9.74. The van der Waals surface area contributed by atoms with Gasteiger partial charge in [0.05, 0.1) is 25.0 Å². The first-order chi connectivity index (χ1) is 10.5. The van der Waals surface area contributed by atoms with E-state index in [1.54, 1.807) is 0 Å². The van der Waals surface area contributed by atoms with Crippen LogP contribution in [-0.2, 0) is 19.1 Å². The zero-order chi connectivity index (χ0) is 15.7. The molecule has 22 heavy (non-hydrogen) atoms. The summed E-state index contributed by atoms with van der Waals surface area (Å²) in [6.45, 7) is 6.75. The Morgan fingerprint density at radius 1 is 1.14 bits per heavy atom. The zero-order valence-electron chi connectivity index (χ0n) is 13.5. The minimum atomic E-state index is -0.0917. The highest BCUT2D eigenvalue weighted by atomic mass is 16.5. The molecule has 7 atom stereocenters. The largest absolute Gasteiger partial charge is 0.466 e. The Bertz CT molecular complexity index is 567. The number of fused-ring (bicyclic) bond motifs is 5. The van der Waals surface area contributed by atoms with Gasteiger partial charge in [-0.3, -0.25) is 9.59 Å². The molecular weight excluding hydrogens is 280 g/mol. The normalized spacial score (nSPS) is 49.7. The van der Waals surface area contributed by atoms with Crippen LogP contribution in [0.1, 0.15) is 33.6 Å². The van der Waals surface area contributed by atoms with Gasteiger partial charge in [0.15, 0.2) is 0 Å². The summed E-state index contributed by atoms with van der Waals surface area (Å²) in [5.74, 6) is 1.12. The Morgan fingerprint density at radius 2 is 1.82 bits per heavy atom. The summed E-state index contributed by atoms with van der Waals surface area (Å²) >= 11 is 0. The van der Waals surface area contributed by atoms with Gasteiger partial charge < -0.3 is 9.47 Å². The molecule has 0 aromatic rings. The molecule has 0 amide bonds. The summed E-state index contributed by atoms with van der Waals surface area (Å²) in [6.07, 6.45) is 6.56. The molecule has 0 radical (unpaired) electrons. The molecule has 7 unspecified atom stereocenters. The number of hydrogen-bond donors (Lipinski definition) is 0. The third-order valence-corrected chi connectivity index (χ3v) is 6.85. The third kappa shape index (κ3) is 1.44. The highest BCUT2D eigenvalue weighted by molar-refractivity contribution is 5.83. The van der Waals surface area contributed by atoms with Crippen molar-refractivity contribution in [2.24, 2.45) is 40.4 Å². The Labute approximate surface area is 131 Å². The Kier molecular flexibility index (Phi) is 2.83. The van der Waals surface area contributed by atoms with E-state index in [0.717, 1.165) is 12.8 Å². The van der Waals surface area contributed by atoms with Gasteiger partial charge in [-0.15, -0.1) is 0 Å². The van der Waals surface area contributed by atoms with E-state index in [-0.39, 0.29) is 34.6 Å². The fourth-order valence-electron chi connectivity index (χ4n) is 6.03. The predicted molar refractivity (Wildman–Crippen MR) is 79.6 cm³/mol. The molecule has 0 saturated heterocycles. The van der Waals surface area contributed by atoms with Crippen LogP contribution in [0.2, 0.25) is 0 Å². The van der Waals surface area contributed by atoms with Crippen LogP contribution in [0.25, 0.3) is 0 Å². The number of hydrogen-bond acceptors (Lipinski definition) is 4. The van der Waals surface area contributed by atoms with Crippen molar-refractivity contribution in [3.05, 3.63) is 12.2 Å². The van der Waals surface area contributed by atoms with Gasteiger partial charge in [-0.25, -0.2) is 0 Å². The smallest absolute Gasteiger partial charge is 0.309 e. The maximum atomic E-state index is 12.5. The SMILES string of the molecule is CCOC(=O)C1CC1(C)C12C3C=CC(C3)C1C2C(=O)OCC. The Hall–Kier alpha value is -1.32. The average Bonchev–Trinajstić information content (AvgIpc) is 3.28. The minimum Gasteiger partial charge on any atom is -0.466 e. The van der Waals surface area contributed by atoms with Crippen LogP contribution in [0.3, 0.4) is 0 Å². The first-order valence-corrected chi connectivity index (χ1v) is 8.54. The summed E-state index contributed by atoms with van der Waals surface area (Å²) in [5.41, 5.74) is -0.137. The summed E-state index contributed by atoms with van der Waals surface area (Å²) in [6, 6.07) is 0. The number of ether oxygens (including phenoxy) is 2. The summed E-state index contributed by atoms with van der Waals surface area (Å²) < 4.78 is 10.6. The molecule has 2 bridgehead atoms. The van der Waals surface area contributed by atoms with Crippen molar-refractivity contribution < 1.29 is 19.1 Å². The van der Waals surface area contributed by atoms with E-state index in [0.29, 0.717) is 31.0 Å². The monoisotopic (exact) mass is 304 g/mol. The lowest BCUT2D eigenvalue weighted by molar-refractivity contribution is -0.149. The van der Waals surface area contributed by atoms with E-state index in [1.807, 2.05) is 13.8 Å². The molecule has 0 aromatic heterocycles. The molecule has 4 aliphatic rings. The van der Waals surface area contributed by atoms with Crippen molar-refractivity contribution in [3.63, 3.8) is 0 Å². The van der Waals surface area contributed by atoms with Crippen molar-refractivity contribution in [2.45, 2.75) is 33.6 Å². The molecule has 0 N–H and O–H groups in total. The molecule has 3 saturated carbocycles. The van der Waals surface area contributed by atoms with E-state index < -0.39 is 0 Å². The van der Waals surface area contributed by atoms with E-state index >= 15 is 0 Å². The molecule has 4 nitrogen and oxygen atoms in total. The van der Waals surface area contributed by atoms with Crippen LogP contribution in [0, 0.1) is 40.4 Å². The van der Waals surface area contributed by atoms with Gasteiger partial charge in [0.2, 0.25) is 0 Å². The van der Waals surface area contributed by atoms with Crippen molar-refractivity contribution >= 4 is 11.9 Å². The Balaban J connectivity index is 1.63. The van der Waals surface area contributed by atoms with Gasteiger partial charge in [0.25, 0.3) is 0 Å². The molecular formula is C18H24O4. The lowest BCUT2D eigenvalue weighted by Crippen LogP contribution is -2.30. The number of allylic oxidation sites excluding steroid dienone is 2. The van der Waals surface area contributed by atoms with Crippen LogP contribution in [-0.4, -0.2) is 25.2 Å². The van der Waals surface area contributed by atoms with Crippen LogP contribution < -0.4 is 0 Å². The summed E-state index contributed by atoms with van der Waals surface area (Å²) in [7, 11) is 0. The van der Waals surface area contributed by atoms with Gasteiger partial charge in [-0.2, -0.15) is 0 Å².